The number of aromatic nitrogens is 3. The monoisotopic (exact) mass is 234 g/mol. The molecule has 5 nitrogen and oxygen atoms in total. The molecule has 2 rings (SSSR count). The van der Waals surface area contributed by atoms with Gasteiger partial charge >= 0.3 is 0 Å². The maximum absolute atomic E-state index is 5.58. The van der Waals surface area contributed by atoms with Gasteiger partial charge in [0.05, 0.1) is 6.54 Å². The number of furan rings is 1. The summed E-state index contributed by atoms with van der Waals surface area (Å²) >= 11 is 0. The summed E-state index contributed by atoms with van der Waals surface area (Å²) in [5.74, 6) is 2.99. The summed E-state index contributed by atoms with van der Waals surface area (Å²) in [7, 11) is 1.86. The Morgan fingerprint density at radius 3 is 2.53 bits per heavy atom. The highest BCUT2D eigenvalue weighted by Crippen LogP contribution is 2.24. The second kappa shape index (κ2) is 4.00. The van der Waals surface area contributed by atoms with Gasteiger partial charge in [-0.25, -0.2) is 9.67 Å². The molecule has 2 heterocycles. The summed E-state index contributed by atoms with van der Waals surface area (Å²) in [5, 5.41) is 4.41. The highest BCUT2D eigenvalue weighted by molar-refractivity contribution is 5.47. The normalized spacial score (nSPS) is 12.1. The third-order valence-corrected chi connectivity index (χ3v) is 2.52. The molecular weight excluding hydrogens is 216 g/mol. The van der Waals surface area contributed by atoms with Crippen molar-refractivity contribution in [3.8, 4) is 11.6 Å². The molecule has 0 aromatic carbocycles. The van der Waals surface area contributed by atoms with Crippen LogP contribution >= 0.6 is 0 Å². The molecule has 0 unspecified atom stereocenters. The third-order valence-electron chi connectivity index (χ3n) is 2.52. The highest BCUT2D eigenvalue weighted by Gasteiger charge is 2.22. The van der Waals surface area contributed by atoms with Gasteiger partial charge < -0.3 is 10.2 Å². The lowest BCUT2D eigenvalue weighted by molar-refractivity contribution is 0.518. The lowest BCUT2D eigenvalue weighted by Gasteiger charge is -2.11. The standard InChI is InChI=1S/C12H18N4O/c1-12(2,3)11-14-10(16(4)15-11)9-6-5-8(7-13)17-9/h5-6H,7,13H2,1-4H3. The summed E-state index contributed by atoms with van der Waals surface area (Å²) in [4.78, 5) is 4.52. The fourth-order valence-electron chi connectivity index (χ4n) is 1.52. The van der Waals surface area contributed by atoms with E-state index in [2.05, 4.69) is 30.9 Å². The molecule has 2 aromatic heterocycles. The van der Waals surface area contributed by atoms with E-state index in [4.69, 9.17) is 10.2 Å². The van der Waals surface area contributed by atoms with Crippen LogP contribution in [0.15, 0.2) is 16.5 Å². The lowest BCUT2D eigenvalue weighted by Crippen LogP contribution is -2.13. The van der Waals surface area contributed by atoms with Crippen molar-refractivity contribution in [3.63, 3.8) is 0 Å². The van der Waals surface area contributed by atoms with Crippen LogP contribution in [0.1, 0.15) is 32.4 Å². The second-order valence-electron chi connectivity index (χ2n) is 5.10. The van der Waals surface area contributed by atoms with Gasteiger partial charge in [-0.05, 0) is 12.1 Å². The molecule has 17 heavy (non-hydrogen) atoms. The molecule has 0 aliphatic carbocycles. The lowest BCUT2D eigenvalue weighted by atomic mass is 9.96. The summed E-state index contributed by atoms with van der Waals surface area (Å²) in [6.07, 6.45) is 0. The maximum Gasteiger partial charge on any atom is 0.194 e. The summed E-state index contributed by atoms with van der Waals surface area (Å²) in [5.41, 5.74) is 5.45. The first-order valence-electron chi connectivity index (χ1n) is 5.62. The Hall–Kier alpha value is -1.62. The van der Waals surface area contributed by atoms with Crippen molar-refractivity contribution >= 4 is 0 Å². The molecule has 0 amide bonds. The van der Waals surface area contributed by atoms with Crippen molar-refractivity contribution in [2.24, 2.45) is 12.8 Å². The van der Waals surface area contributed by atoms with E-state index < -0.39 is 0 Å². The van der Waals surface area contributed by atoms with E-state index >= 15 is 0 Å². The van der Waals surface area contributed by atoms with Crippen LogP contribution in [-0.4, -0.2) is 14.8 Å². The van der Waals surface area contributed by atoms with Crippen LogP contribution in [0.3, 0.4) is 0 Å². The van der Waals surface area contributed by atoms with E-state index in [0.29, 0.717) is 12.3 Å². The Labute approximate surface area is 101 Å². The number of hydrogen-bond acceptors (Lipinski definition) is 4. The number of hydrogen-bond donors (Lipinski definition) is 1. The van der Waals surface area contributed by atoms with Crippen molar-refractivity contribution in [1.82, 2.24) is 14.8 Å². The number of nitrogens with zero attached hydrogens (tertiary/aromatic N) is 3. The van der Waals surface area contributed by atoms with Gasteiger partial charge in [0.2, 0.25) is 0 Å². The first-order valence-corrected chi connectivity index (χ1v) is 5.62. The maximum atomic E-state index is 5.58. The Morgan fingerprint density at radius 2 is 2.06 bits per heavy atom. The van der Waals surface area contributed by atoms with Crippen molar-refractivity contribution in [2.75, 3.05) is 0 Å². The predicted octanol–water partition coefficient (Wildman–Crippen LogP) is 1.83. The number of rotatable bonds is 2. The van der Waals surface area contributed by atoms with Crippen LogP contribution < -0.4 is 5.73 Å². The van der Waals surface area contributed by atoms with E-state index in [0.717, 1.165) is 17.4 Å². The number of nitrogens with two attached hydrogens (primary N) is 1. The van der Waals surface area contributed by atoms with Crippen LogP contribution in [0.2, 0.25) is 0 Å². The molecule has 0 atom stereocenters. The molecule has 0 aliphatic rings. The van der Waals surface area contributed by atoms with Crippen molar-refractivity contribution in [2.45, 2.75) is 32.7 Å². The van der Waals surface area contributed by atoms with Crippen LogP contribution in [0.25, 0.3) is 11.6 Å². The van der Waals surface area contributed by atoms with Crippen LogP contribution in [0, 0.1) is 0 Å². The van der Waals surface area contributed by atoms with E-state index in [1.54, 1.807) is 4.68 Å². The molecule has 0 fully saturated rings. The zero-order chi connectivity index (χ0) is 12.6. The van der Waals surface area contributed by atoms with Crippen molar-refractivity contribution < 1.29 is 4.42 Å². The van der Waals surface area contributed by atoms with Gasteiger partial charge in [0.15, 0.2) is 17.4 Å². The zero-order valence-corrected chi connectivity index (χ0v) is 10.7. The summed E-state index contributed by atoms with van der Waals surface area (Å²) in [6, 6.07) is 3.74. The average molecular weight is 234 g/mol. The molecule has 2 N–H and O–H groups in total. The Kier molecular flexibility index (Phi) is 2.79. The summed E-state index contributed by atoms with van der Waals surface area (Å²) < 4.78 is 7.31. The first kappa shape index (κ1) is 11.9. The third kappa shape index (κ3) is 2.24. The van der Waals surface area contributed by atoms with Gasteiger partial charge in [-0.1, -0.05) is 20.8 Å². The average Bonchev–Trinajstić information content (AvgIpc) is 2.82. The zero-order valence-electron chi connectivity index (χ0n) is 10.7. The van der Waals surface area contributed by atoms with Gasteiger partial charge in [-0.2, -0.15) is 5.10 Å². The van der Waals surface area contributed by atoms with Gasteiger partial charge in [0.1, 0.15) is 5.76 Å². The van der Waals surface area contributed by atoms with Crippen LogP contribution in [0.4, 0.5) is 0 Å². The first-order chi connectivity index (χ1) is 7.91. The molecule has 0 saturated carbocycles. The molecule has 0 aliphatic heterocycles. The number of aryl methyl sites for hydroxylation is 1. The van der Waals surface area contributed by atoms with E-state index in [-0.39, 0.29) is 5.41 Å². The topological polar surface area (TPSA) is 69.9 Å². The molecule has 0 spiro atoms. The molecule has 5 heteroatoms. The summed E-state index contributed by atoms with van der Waals surface area (Å²) in [6.45, 7) is 6.64. The van der Waals surface area contributed by atoms with E-state index in [1.807, 2.05) is 19.2 Å². The van der Waals surface area contributed by atoms with Crippen LogP contribution in [-0.2, 0) is 19.0 Å². The fraction of sp³-hybridized carbons (Fsp3) is 0.500. The smallest absolute Gasteiger partial charge is 0.194 e. The van der Waals surface area contributed by atoms with Gasteiger partial charge in [0, 0.05) is 12.5 Å². The Morgan fingerprint density at radius 1 is 1.35 bits per heavy atom. The molecule has 2 aromatic rings. The second-order valence-corrected chi connectivity index (χ2v) is 5.10. The van der Waals surface area contributed by atoms with Crippen molar-refractivity contribution in [3.05, 3.63) is 23.7 Å². The van der Waals surface area contributed by atoms with E-state index in [1.165, 1.54) is 0 Å². The van der Waals surface area contributed by atoms with E-state index in [9.17, 15) is 0 Å². The predicted molar refractivity (Wildman–Crippen MR) is 65.3 cm³/mol. The molecule has 92 valence electrons. The molecule has 0 radical (unpaired) electrons. The van der Waals surface area contributed by atoms with Crippen LogP contribution in [0.5, 0.6) is 0 Å². The molecular formula is C12H18N4O. The SMILES string of the molecule is Cn1nc(C(C)(C)C)nc1-c1ccc(CN)o1. The van der Waals surface area contributed by atoms with Gasteiger partial charge in [0.25, 0.3) is 0 Å². The Bertz CT molecular complexity index is 519. The van der Waals surface area contributed by atoms with Gasteiger partial charge in [-0.3, -0.25) is 0 Å². The highest BCUT2D eigenvalue weighted by atomic mass is 16.3. The fourth-order valence-corrected chi connectivity index (χ4v) is 1.52. The van der Waals surface area contributed by atoms with Crippen molar-refractivity contribution in [1.29, 1.82) is 0 Å². The molecule has 0 saturated heterocycles. The minimum Gasteiger partial charge on any atom is -0.456 e. The van der Waals surface area contributed by atoms with Gasteiger partial charge in [-0.15, -0.1) is 0 Å². The minimum absolute atomic E-state index is 0.0701. The largest absolute Gasteiger partial charge is 0.456 e. The minimum atomic E-state index is -0.0701. The molecule has 0 bridgehead atoms. The quantitative estimate of drug-likeness (QED) is 0.860. The Balaban J connectivity index is 2.42.